The maximum Gasteiger partial charge on any atom is 0.311 e. The number of aliphatic hydroxyl groups excluding tert-OH is 2. The molecule has 7 rings (SSSR count). The van der Waals surface area contributed by atoms with E-state index in [0.717, 1.165) is 15.4 Å². The van der Waals surface area contributed by atoms with E-state index < -0.39 is 89.9 Å². The van der Waals surface area contributed by atoms with Gasteiger partial charge in [0.05, 0.1) is 71.4 Å². The molecule has 0 aromatic carbocycles. The van der Waals surface area contributed by atoms with E-state index in [2.05, 4.69) is 22.0 Å². The third-order valence-electron chi connectivity index (χ3n) is 15.3. The lowest BCUT2D eigenvalue weighted by Crippen LogP contribution is -2.61. The zero-order valence-corrected chi connectivity index (χ0v) is 44.7. The van der Waals surface area contributed by atoms with E-state index in [-0.39, 0.29) is 56.8 Å². The molecule has 5 saturated heterocycles. The average molecular weight is 1010 g/mol. The van der Waals surface area contributed by atoms with Gasteiger partial charge in [-0.1, -0.05) is 32.0 Å². The minimum absolute atomic E-state index is 0.0858. The molecule has 0 spiro atoms. The summed E-state index contributed by atoms with van der Waals surface area (Å²) in [5, 5.41) is 40.6. The smallest absolute Gasteiger partial charge is 0.311 e. The van der Waals surface area contributed by atoms with Gasteiger partial charge in [0, 0.05) is 43.0 Å². The molecule has 5 aliphatic heterocycles. The van der Waals surface area contributed by atoms with Crippen molar-refractivity contribution in [1.29, 1.82) is 0 Å². The predicted molar refractivity (Wildman–Crippen MR) is 266 cm³/mol. The predicted octanol–water partition coefficient (Wildman–Crippen LogP) is 5.24. The number of thiophene rings is 1. The molecule has 5 aliphatic rings. The first-order valence-electron chi connectivity index (χ1n) is 25.0. The molecule has 5 N–H and O–H groups in total. The largest absolute Gasteiger partial charge is 0.459 e. The summed E-state index contributed by atoms with van der Waals surface area (Å²) in [5.74, 6) is -2.16. The second kappa shape index (κ2) is 23.5. The molecule has 7 heterocycles. The van der Waals surface area contributed by atoms with Crippen molar-refractivity contribution in [2.24, 2.45) is 22.9 Å². The molecule has 18 atom stereocenters. The zero-order valence-electron chi connectivity index (χ0n) is 43.9. The number of hydrogen-bond acceptors (Lipinski definition) is 19. The number of aliphatic hydroxyl groups is 3. The first-order valence-corrected chi connectivity index (χ1v) is 25.8. The Labute approximate surface area is 419 Å². The fraction of sp³-hybridized carbons (Fsp3) is 0.784. The average Bonchev–Trinajstić information content (AvgIpc) is 3.78. The van der Waals surface area contributed by atoms with Crippen molar-refractivity contribution in [3.05, 3.63) is 35.2 Å². The van der Waals surface area contributed by atoms with E-state index in [9.17, 15) is 20.1 Å². The van der Waals surface area contributed by atoms with E-state index in [1.54, 1.807) is 33.8 Å². The molecule has 70 heavy (non-hydrogen) atoms. The molecular weight excluding hydrogens is 923 g/mol. The van der Waals surface area contributed by atoms with Crippen LogP contribution < -0.4 is 5.73 Å². The Balaban J connectivity index is 1.48. The summed E-state index contributed by atoms with van der Waals surface area (Å²) in [4.78, 5) is 31.4. The quantitative estimate of drug-likeness (QED) is 0.167. The van der Waals surface area contributed by atoms with Crippen molar-refractivity contribution >= 4 is 28.8 Å². The van der Waals surface area contributed by atoms with Gasteiger partial charge in [-0.25, -0.2) is 4.98 Å². The Morgan fingerprint density at radius 1 is 1.01 bits per heavy atom. The van der Waals surface area contributed by atoms with Gasteiger partial charge in [-0.05, 0) is 119 Å². The first kappa shape index (κ1) is 56.4. The van der Waals surface area contributed by atoms with Crippen LogP contribution in [-0.2, 0) is 54.1 Å². The van der Waals surface area contributed by atoms with Crippen LogP contribution >= 0.6 is 11.3 Å². The Morgan fingerprint density at radius 3 is 2.41 bits per heavy atom. The number of nitrogens with zero attached hydrogens (tertiary/aromatic N) is 4. The number of rotatable bonds is 11. The maximum absolute atomic E-state index is 14.8. The van der Waals surface area contributed by atoms with Crippen molar-refractivity contribution in [1.82, 2.24) is 14.8 Å². The number of carbonyl (C=O) groups excluding carboxylic acids is 1. The van der Waals surface area contributed by atoms with Crippen molar-refractivity contribution in [2.75, 3.05) is 53.7 Å². The number of nitrogens with two attached hydrogens (primary N) is 1. The van der Waals surface area contributed by atoms with Crippen molar-refractivity contribution < 1.29 is 62.8 Å². The number of ether oxygens (including phenoxy) is 8. The third kappa shape index (κ3) is 12.9. The monoisotopic (exact) mass is 1010 g/mol. The van der Waals surface area contributed by atoms with Crippen molar-refractivity contribution in [3.63, 3.8) is 0 Å². The Morgan fingerprint density at radius 2 is 1.74 bits per heavy atom. The van der Waals surface area contributed by atoms with Crippen LogP contribution in [0.4, 0.5) is 5.82 Å². The van der Waals surface area contributed by atoms with Crippen LogP contribution in [0.1, 0.15) is 99.8 Å². The molecule has 2 aromatic rings. The lowest BCUT2D eigenvalue weighted by atomic mass is 9.78. The van der Waals surface area contributed by atoms with Crippen LogP contribution in [0.15, 0.2) is 35.5 Å². The zero-order chi connectivity index (χ0) is 51.5. The molecule has 18 nitrogen and oxygen atoms in total. The van der Waals surface area contributed by atoms with Crippen molar-refractivity contribution in [3.8, 4) is 10.6 Å². The fourth-order valence-corrected chi connectivity index (χ4v) is 11.9. The van der Waals surface area contributed by atoms with Crippen LogP contribution in [0, 0.1) is 17.8 Å². The van der Waals surface area contributed by atoms with Crippen LogP contribution in [0.2, 0.25) is 0 Å². The summed E-state index contributed by atoms with van der Waals surface area (Å²) < 4.78 is 53.3. The highest BCUT2D eigenvalue weighted by atomic mass is 32.1. The summed E-state index contributed by atoms with van der Waals surface area (Å²) in [6.45, 7) is 19.3. The number of carbonyl (C=O) groups is 1. The third-order valence-corrected chi connectivity index (χ3v) is 16.4. The summed E-state index contributed by atoms with van der Waals surface area (Å²) in [6.07, 6.45) is -7.46. The molecule has 396 valence electrons. The van der Waals surface area contributed by atoms with E-state index in [1.165, 1.54) is 18.4 Å². The molecule has 5 fully saturated rings. The number of esters is 1. The summed E-state index contributed by atoms with van der Waals surface area (Å²) in [6, 6.07) is 8.99. The van der Waals surface area contributed by atoms with Crippen LogP contribution in [-0.4, -0.2) is 180 Å². The highest BCUT2D eigenvalue weighted by molar-refractivity contribution is 7.15. The highest BCUT2D eigenvalue weighted by Gasteiger charge is 2.54. The highest BCUT2D eigenvalue weighted by Crippen LogP contribution is 2.42. The fourth-order valence-electron chi connectivity index (χ4n) is 11.0. The number of nitrogen functional groups attached to an aromatic ring is 1. The lowest BCUT2D eigenvalue weighted by Gasteiger charge is -2.50. The topological polar surface area (TPSA) is 219 Å². The van der Waals surface area contributed by atoms with Gasteiger partial charge in [-0.2, -0.15) is 0 Å². The maximum atomic E-state index is 14.8. The second-order valence-corrected chi connectivity index (χ2v) is 22.5. The standard InChI is InChI=1S/C51H83N5O13S/c1-15-39-51(10,60)45-28(2)24-56(13)29(3)22-50(9,63-26-34(25-62-45)54-64-27-35-19-20-38(70-35)36-17-16-18-40(52)53-36)46(69-48-42(57)37(55(11)12)21-30(4)65-48)31(5)43(32(6)47(59)67-39)68-41-23-49(8,61-14)44(58)33(7)66-41/h16-20,28-33,37,39,41-46,48,57-58,60H,15,21-27H2,1-14H3,(H2,52,53)/b54-34+/t28-,29+,30+,31-,32+,33-,37-,39+,41-,42+,43-,44-,45+,46+,48-,49+,50+,51+/m0/s1. The molecule has 0 radical (unpaired) electrons. The Hall–Kier alpha value is -2.89. The van der Waals surface area contributed by atoms with Crippen LogP contribution in [0.3, 0.4) is 0 Å². The lowest BCUT2D eigenvalue weighted by molar-refractivity contribution is -0.320. The molecule has 0 unspecified atom stereocenters. The van der Waals surface area contributed by atoms with Gasteiger partial charge in [0.25, 0.3) is 0 Å². The number of pyridine rings is 1. The van der Waals surface area contributed by atoms with E-state index in [0.29, 0.717) is 30.9 Å². The molecule has 0 amide bonds. The number of likely N-dealkylation sites (N-methyl/N-ethyl adjacent to an activating group) is 1. The van der Waals surface area contributed by atoms with Gasteiger partial charge in [-0.3, -0.25) is 4.79 Å². The van der Waals surface area contributed by atoms with Gasteiger partial charge in [0.15, 0.2) is 19.2 Å². The van der Waals surface area contributed by atoms with Gasteiger partial charge >= 0.3 is 5.97 Å². The number of hydrogen-bond donors (Lipinski definition) is 4. The van der Waals surface area contributed by atoms with Gasteiger partial charge in [-0.15, -0.1) is 11.3 Å². The Bertz CT molecular complexity index is 2050. The summed E-state index contributed by atoms with van der Waals surface area (Å²) in [7, 11) is 7.41. The van der Waals surface area contributed by atoms with Gasteiger partial charge in [0.1, 0.15) is 35.4 Å². The molecule has 2 aromatic heterocycles. The second-order valence-electron chi connectivity index (χ2n) is 21.3. The minimum atomic E-state index is -1.69. The number of oxime groups is 1. The normalized spacial score (nSPS) is 41.5. The molecule has 19 heteroatoms. The molecule has 2 bridgehead atoms. The van der Waals surface area contributed by atoms with Gasteiger partial charge in [0.2, 0.25) is 0 Å². The summed E-state index contributed by atoms with van der Waals surface area (Å²) >= 11 is 1.51. The number of fused-ring (bicyclic) bond motifs is 15. The molecule has 0 aliphatic carbocycles. The van der Waals surface area contributed by atoms with Crippen LogP contribution in [0.25, 0.3) is 10.6 Å². The van der Waals surface area contributed by atoms with E-state index in [1.807, 2.05) is 84.9 Å². The summed E-state index contributed by atoms with van der Waals surface area (Å²) in [5.41, 5.74) is 3.19. The van der Waals surface area contributed by atoms with Crippen molar-refractivity contribution in [2.45, 2.75) is 192 Å². The number of aromatic nitrogens is 1. The number of methoxy groups -OCH3 is 1. The van der Waals surface area contributed by atoms with Crippen LogP contribution in [0.5, 0.6) is 0 Å². The van der Waals surface area contributed by atoms with E-state index >= 15 is 0 Å². The number of anilines is 1. The minimum Gasteiger partial charge on any atom is -0.459 e. The SMILES string of the molecule is CC[C@H]1OC(=O)[C@H](C)[C@@H](O[C@H]2C[C@@](C)(OC)[C@@H](O)[C@H](C)O2)[C@H](C)[C@@H](O[C@@H]2O[C@H](C)C[C@H](N(C)C)[C@H]2O)[C@@]2(C)C[C@@H](C)N(C)C[C@H](C)[C@@H](OC/C(=N\OCc3ccc(-c4cccc(N)n4)s3)CO2)[C@]1(C)O. The Kier molecular flexibility index (Phi) is 19.0. The van der Waals surface area contributed by atoms with E-state index in [4.69, 9.17) is 48.5 Å². The van der Waals surface area contributed by atoms with Gasteiger partial charge < -0.3 is 73.6 Å². The molecule has 0 saturated carbocycles. The first-order chi connectivity index (χ1) is 32.9. The molecular formula is C51H83N5O13S.